The molecule has 0 aromatic carbocycles. The van der Waals surface area contributed by atoms with E-state index in [0.29, 0.717) is 18.3 Å². The van der Waals surface area contributed by atoms with E-state index in [-0.39, 0.29) is 29.6 Å². The largest absolute Gasteiger partial charge is 1.00 e. The second-order valence-corrected chi connectivity index (χ2v) is 2.22. The van der Waals surface area contributed by atoms with E-state index in [1.807, 2.05) is 0 Å². The molecule has 1 aromatic heterocycles. The molecular weight excluding hydrogens is 210 g/mol. The van der Waals surface area contributed by atoms with Gasteiger partial charge in [-0.1, -0.05) is 0 Å². The Morgan fingerprint density at radius 2 is 2.00 bits per heavy atom. The molecular formula is C7H3F3NNaO2. The van der Waals surface area contributed by atoms with Gasteiger partial charge >= 0.3 is 35.5 Å². The van der Waals surface area contributed by atoms with Gasteiger partial charge in [0.15, 0.2) is 0 Å². The molecule has 0 unspecified atom stereocenters. The van der Waals surface area contributed by atoms with Crippen LogP contribution in [0, 0.1) is 5.82 Å². The Morgan fingerprint density at radius 1 is 1.43 bits per heavy atom. The molecule has 0 radical (unpaired) electrons. The fourth-order valence-electron chi connectivity index (χ4n) is 0.666. The summed E-state index contributed by atoms with van der Waals surface area (Å²) in [6, 6.07) is 1.28. The molecule has 0 atom stereocenters. The molecule has 1 aromatic rings. The number of aromatic nitrogens is 1. The van der Waals surface area contributed by atoms with Crippen LogP contribution in [-0.2, 0) is 10.7 Å². The van der Waals surface area contributed by atoms with E-state index >= 15 is 0 Å². The summed E-state index contributed by atoms with van der Waals surface area (Å²) < 4.78 is 37.3. The predicted octanol–water partition coefficient (Wildman–Crippen LogP) is -2.93. The fraction of sp³-hybridized carbons (Fsp3) is 0.143. The van der Waals surface area contributed by atoms with Gasteiger partial charge in [-0.3, -0.25) is 4.98 Å². The zero-order valence-corrected chi connectivity index (χ0v) is 9.13. The Labute approximate surface area is 99.2 Å². The molecule has 70 valence electrons. The number of carbonyl (C=O) groups excluding carboxylic acids is 1. The quantitative estimate of drug-likeness (QED) is 0.494. The summed E-state index contributed by atoms with van der Waals surface area (Å²) in [6.45, 7) is 0. The maximum atomic E-state index is 12.6. The van der Waals surface area contributed by atoms with Crippen molar-refractivity contribution < 1.29 is 52.6 Å². The first-order valence-corrected chi connectivity index (χ1v) is 3.16. The van der Waals surface area contributed by atoms with Crippen LogP contribution in [0.4, 0.5) is 13.2 Å². The standard InChI is InChI=1S/C7H4F3NO2.Na/c8-4-1-2-5(11-3-4)7(9,10)6(12)13;/h1-3H,(H,12,13);/q;+1/p-1. The average molecular weight is 213 g/mol. The predicted molar refractivity (Wildman–Crippen MR) is 33.1 cm³/mol. The Bertz CT molecular complexity index is 328. The van der Waals surface area contributed by atoms with E-state index in [9.17, 15) is 23.1 Å². The van der Waals surface area contributed by atoms with Crippen molar-refractivity contribution in [3.05, 3.63) is 29.8 Å². The Kier molecular flexibility index (Phi) is 4.57. The summed E-state index contributed by atoms with van der Waals surface area (Å²) in [6.07, 6.45) is 0.506. The van der Waals surface area contributed by atoms with Crippen molar-refractivity contribution in [2.75, 3.05) is 0 Å². The first-order chi connectivity index (χ1) is 5.94. The van der Waals surface area contributed by atoms with Crippen molar-refractivity contribution in [2.45, 2.75) is 5.92 Å². The normalized spacial score (nSPS) is 10.5. The third-order valence-electron chi connectivity index (χ3n) is 1.31. The van der Waals surface area contributed by atoms with Gasteiger partial charge in [0.25, 0.3) is 0 Å². The first kappa shape index (κ1) is 13.4. The number of carbonyl (C=O) groups is 1. The topological polar surface area (TPSA) is 53.0 Å². The molecule has 0 amide bonds. The van der Waals surface area contributed by atoms with Crippen LogP contribution in [0.1, 0.15) is 5.69 Å². The van der Waals surface area contributed by atoms with Gasteiger partial charge in [0.1, 0.15) is 17.5 Å². The van der Waals surface area contributed by atoms with Crippen molar-refractivity contribution in [1.29, 1.82) is 0 Å². The zero-order chi connectivity index (χ0) is 10.1. The number of alkyl halides is 2. The molecule has 7 heteroatoms. The fourth-order valence-corrected chi connectivity index (χ4v) is 0.666. The van der Waals surface area contributed by atoms with E-state index in [2.05, 4.69) is 4.98 Å². The monoisotopic (exact) mass is 213 g/mol. The second-order valence-electron chi connectivity index (χ2n) is 2.22. The molecule has 3 nitrogen and oxygen atoms in total. The summed E-state index contributed by atoms with van der Waals surface area (Å²) in [4.78, 5) is 12.8. The Balaban J connectivity index is 0.00000169. The zero-order valence-electron chi connectivity index (χ0n) is 7.13. The van der Waals surface area contributed by atoms with Crippen LogP contribution in [0.15, 0.2) is 18.3 Å². The molecule has 0 bridgehead atoms. The average Bonchev–Trinajstić information content (AvgIpc) is 2.04. The minimum Gasteiger partial charge on any atom is -0.544 e. The van der Waals surface area contributed by atoms with Crippen molar-refractivity contribution >= 4 is 5.97 Å². The number of hydrogen-bond acceptors (Lipinski definition) is 3. The van der Waals surface area contributed by atoms with Crippen LogP contribution in [0.2, 0.25) is 0 Å². The number of carboxylic acids is 1. The molecule has 14 heavy (non-hydrogen) atoms. The molecule has 0 aliphatic carbocycles. The molecule has 1 rings (SSSR count). The first-order valence-electron chi connectivity index (χ1n) is 3.16. The van der Waals surface area contributed by atoms with Crippen LogP contribution in [-0.4, -0.2) is 11.0 Å². The second kappa shape index (κ2) is 4.77. The minimum atomic E-state index is -4.19. The van der Waals surface area contributed by atoms with Crippen LogP contribution >= 0.6 is 0 Å². The van der Waals surface area contributed by atoms with Gasteiger partial charge in [-0.2, -0.15) is 8.78 Å². The summed E-state index contributed by atoms with van der Waals surface area (Å²) >= 11 is 0. The van der Waals surface area contributed by atoms with Gasteiger partial charge < -0.3 is 9.90 Å². The van der Waals surface area contributed by atoms with Crippen molar-refractivity contribution in [3.8, 4) is 0 Å². The van der Waals surface area contributed by atoms with Gasteiger partial charge in [-0.05, 0) is 12.1 Å². The van der Waals surface area contributed by atoms with Crippen LogP contribution in [0.25, 0.3) is 0 Å². The van der Waals surface area contributed by atoms with Gasteiger partial charge in [-0.15, -0.1) is 0 Å². The molecule has 0 saturated carbocycles. The number of rotatable bonds is 2. The maximum Gasteiger partial charge on any atom is 1.00 e. The summed E-state index contributed by atoms with van der Waals surface area (Å²) in [5, 5.41) is 9.91. The third kappa shape index (κ3) is 2.70. The summed E-state index contributed by atoms with van der Waals surface area (Å²) in [5.74, 6) is -7.57. The number of aliphatic carboxylic acids is 1. The van der Waals surface area contributed by atoms with Crippen LogP contribution < -0.4 is 34.7 Å². The van der Waals surface area contributed by atoms with Gasteiger partial charge in [-0.25, -0.2) is 4.39 Å². The molecule has 0 fully saturated rings. The van der Waals surface area contributed by atoms with E-state index < -0.39 is 23.4 Å². The number of hydrogen-bond donors (Lipinski definition) is 0. The van der Waals surface area contributed by atoms with E-state index in [4.69, 9.17) is 0 Å². The minimum absolute atomic E-state index is 0. The molecule has 0 N–H and O–H groups in total. The molecule has 0 saturated heterocycles. The molecule has 0 aliphatic rings. The van der Waals surface area contributed by atoms with E-state index in [1.54, 1.807) is 0 Å². The third-order valence-corrected chi connectivity index (χ3v) is 1.31. The number of carboxylic acid groups (broad SMARTS) is 1. The van der Waals surface area contributed by atoms with Crippen molar-refractivity contribution in [3.63, 3.8) is 0 Å². The molecule has 1 heterocycles. The summed E-state index contributed by atoms with van der Waals surface area (Å²) in [7, 11) is 0. The SMILES string of the molecule is O=C([O-])C(F)(F)c1ccc(F)cn1.[Na+]. The van der Waals surface area contributed by atoms with Gasteiger partial charge in [0.2, 0.25) is 0 Å². The maximum absolute atomic E-state index is 12.6. The van der Waals surface area contributed by atoms with Crippen molar-refractivity contribution in [1.82, 2.24) is 4.98 Å². The number of halogens is 3. The number of nitrogens with zero attached hydrogens (tertiary/aromatic N) is 1. The van der Waals surface area contributed by atoms with E-state index in [0.717, 1.165) is 0 Å². The van der Waals surface area contributed by atoms with Crippen LogP contribution in [0.3, 0.4) is 0 Å². The Morgan fingerprint density at radius 3 is 2.36 bits per heavy atom. The van der Waals surface area contributed by atoms with Gasteiger partial charge in [0.05, 0.1) is 6.20 Å². The smallest absolute Gasteiger partial charge is 0.544 e. The van der Waals surface area contributed by atoms with Crippen LogP contribution in [0.5, 0.6) is 0 Å². The number of pyridine rings is 1. The van der Waals surface area contributed by atoms with E-state index in [1.165, 1.54) is 0 Å². The van der Waals surface area contributed by atoms with Gasteiger partial charge in [0, 0.05) is 0 Å². The summed E-state index contributed by atoms with van der Waals surface area (Å²) in [5.41, 5.74) is -1.05. The molecule has 0 aliphatic heterocycles. The Hall–Kier alpha value is -0.590. The van der Waals surface area contributed by atoms with Crippen molar-refractivity contribution in [2.24, 2.45) is 0 Å². The molecule has 0 spiro atoms.